The van der Waals surface area contributed by atoms with E-state index in [-0.39, 0.29) is 35.4 Å². The van der Waals surface area contributed by atoms with E-state index < -0.39 is 40.5 Å². The Kier molecular flexibility index (Phi) is 23.2. The Morgan fingerprint density at radius 3 is 0.631 bits per heavy atom. The van der Waals surface area contributed by atoms with Crippen LogP contribution in [0.5, 0.6) is 0 Å². The van der Waals surface area contributed by atoms with Gasteiger partial charge < -0.3 is 0 Å². The zero-order valence-electron chi connectivity index (χ0n) is 37.1. The summed E-state index contributed by atoms with van der Waals surface area (Å²) in [6.07, 6.45) is 24.8. The summed E-state index contributed by atoms with van der Waals surface area (Å²) in [4.78, 5) is -0.392. The molecular weight excluding hydrogens is 947 g/mol. The van der Waals surface area contributed by atoms with Gasteiger partial charge in [-0.05, 0) is 191 Å². The molecule has 0 unspecified atom stereocenters. The molecule has 4 N–H and O–H groups in total. The van der Waals surface area contributed by atoms with Crippen molar-refractivity contribution in [1.82, 2.24) is 0 Å². The van der Waals surface area contributed by atoms with Gasteiger partial charge in [0.1, 0.15) is 0 Å². The van der Waals surface area contributed by atoms with E-state index in [0.717, 1.165) is 125 Å². The van der Waals surface area contributed by atoms with Crippen LogP contribution in [-0.4, -0.2) is 88.9 Å². The van der Waals surface area contributed by atoms with Crippen molar-refractivity contribution in [2.24, 2.45) is 0 Å². The number of hydrogen-bond acceptors (Lipinski definition) is 8. The summed E-state index contributed by atoms with van der Waals surface area (Å²) in [5, 5.41) is 0. The predicted molar refractivity (Wildman–Crippen MR) is 263 cm³/mol. The number of unbranched alkanes of at least 4 members (excludes halogenated alkanes) is 8. The molecule has 65 heavy (non-hydrogen) atoms. The minimum absolute atomic E-state index is 0.0981. The zero-order chi connectivity index (χ0) is 47.4. The Morgan fingerprint density at radius 2 is 0.446 bits per heavy atom. The van der Waals surface area contributed by atoms with Gasteiger partial charge in [0.05, 0.1) is 19.6 Å². The summed E-state index contributed by atoms with van der Waals surface area (Å²) >= 11 is 0. The van der Waals surface area contributed by atoms with Crippen molar-refractivity contribution in [3.63, 3.8) is 0 Å². The third-order valence-electron chi connectivity index (χ3n) is 11.6. The second-order valence-electron chi connectivity index (χ2n) is 16.8. The minimum Gasteiger partial charge on any atom is -0.282 e. The smallest absolute Gasteiger partial charge is 0.282 e. The molecule has 4 aromatic rings. The molecular formula is C47H66O12P2S4. The van der Waals surface area contributed by atoms with Crippen LogP contribution in [0.3, 0.4) is 0 Å². The molecule has 0 saturated heterocycles. The fourth-order valence-corrected chi connectivity index (χ4v) is 15.3. The van der Waals surface area contributed by atoms with E-state index in [9.17, 15) is 51.9 Å². The molecule has 360 valence electrons. The van der Waals surface area contributed by atoms with E-state index >= 15 is 0 Å². The van der Waals surface area contributed by atoms with Gasteiger partial charge in [-0.1, -0.05) is 74.2 Å². The van der Waals surface area contributed by atoms with Crippen LogP contribution in [0, 0.1) is 0 Å². The molecule has 12 nitrogen and oxygen atoms in total. The molecule has 18 heteroatoms. The Labute approximate surface area is 391 Å². The van der Waals surface area contributed by atoms with Gasteiger partial charge in [-0.15, -0.1) is 15.8 Å². The van der Waals surface area contributed by atoms with Gasteiger partial charge in [-0.2, -0.15) is 33.7 Å². The summed E-state index contributed by atoms with van der Waals surface area (Å²) in [5.41, 5.74) is 4.18. The van der Waals surface area contributed by atoms with Crippen LogP contribution in [0.4, 0.5) is 0 Å². The first kappa shape index (κ1) is 55.0. The normalized spacial score (nSPS) is 12.6. The molecule has 4 rings (SSSR count). The summed E-state index contributed by atoms with van der Waals surface area (Å²) in [5.74, 6) is 0. The maximum absolute atomic E-state index is 11.4. The van der Waals surface area contributed by atoms with Gasteiger partial charge >= 0.3 is 0 Å². The van der Waals surface area contributed by atoms with Crippen molar-refractivity contribution in [2.45, 2.75) is 129 Å². The maximum Gasteiger partial charge on any atom is 0.294 e. The van der Waals surface area contributed by atoms with Gasteiger partial charge in [0.2, 0.25) is 0 Å². The van der Waals surface area contributed by atoms with E-state index in [4.69, 9.17) is 0 Å². The van der Waals surface area contributed by atoms with Gasteiger partial charge in [-0.3, -0.25) is 18.2 Å². The highest BCUT2D eigenvalue weighted by Gasteiger charge is 2.15. The molecule has 0 spiro atoms. The van der Waals surface area contributed by atoms with E-state index in [1.165, 1.54) is 91.9 Å². The number of hydrogen-bond donors (Lipinski definition) is 4. The summed E-state index contributed by atoms with van der Waals surface area (Å²) in [6, 6.07) is 25.7. The van der Waals surface area contributed by atoms with Crippen LogP contribution in [0.15, 0.2) is 117 Å². The lowest BCUT2D eigenvalue weighted by Crippen LogP contribution is -2.02. The molecule has 0 saturated carbocycles. The molecule has 0 amide bonds. The first-order valence-corrected chi connectivity index (χ1v) is 32.0. The van der Waals surface area contributed by atoms with E-state index in [1.807, 2.05) is 0 Å². The van der Waals surface area contributed by atoms with Gasteiger partial charge in [0, 0.05) is 0 Å². The summed E-state index contributed by atoms with van der Waals surface area (Å²) in [6.45, 7) is 0. The van der Waals surface area contributed by atoms with Gasteiger partial charge in [0.15, 0.2) is 0 Å². The number of aryl methyl sites for hydroxylation is 4. The first-order valence-electron chi connectivity index (χ1n) is 22.5. The molecule has 4 aromatic carbocycles. The molecule has 0 radical (unpaired) electrons. The van der Waals surface area contributed by atoms with Crippen LogP contribution in [0.2, 0.25) is 0 Å². The second kappa shape index (κ2) is 27.4. The van der Waals surface area contributed by atoms with Crippen molar-refractivity contribution in [1.29, 1.82) is 0 Å². The molecule has 0 aliphatic carbocycles. The summed E-state index contributed by atoms with van der Waals surface area (Å²) in [7, 11) is -17.2. The SMILES string of the molecule is O=S(=O)(O)c1ccc(CCCCCP(CCCCCc2ccc(S(=O)(=O)O)cc2)CCCP(CCCCCc2ccc(S(=O)(=O)O)cc2)CCCCCc2ccc(S(=O)(=O)O)cc2)cc1. The van der Waals surface area contributed by atoms with Crippen molar-refractivity contribution < 1.29 is 51.9 Å². The average molecular weight is 1010 g/mol. The molecule has 0 aliphatic rings. The number of benzene rings is 4. The van der Waals surface area contributed by atoms with Crippen molar-refractivity contribution in [2.75, 3.05) is 37.0 Å². The average Bonchev–Trinajstić information content (AvgIpc) is 3.25. The van der Waals surface area contributed by atoms with Gasteiger partial charge in [0.25, 0.3) is 40.5 Å². The Morgan fingerprint density at radius 1 is 0.262 bits per heavy atom. The van der Waals surface area contributed by atoms with Gasteiger partial charge in [-0.25, -0.2) is 0 Å². The lowest BCUT2D eigenvalue weighted by molar-refractivity contribution is 0.481. The Bertz CT molecular complexity index is 2120. The fourth-order valence-electron chi connectivity index (χ4n) is 7.87. The predicted octanol–water partition coefficient (Wildman–Crippen LogP) is 11.0. The Hall–Kier alpha value is -2.62. The molecule has 0 fully saturated rings. The third-order valence-corrected chi connectivity index (χ3v) is 20.8. The van der Waals surface area contributed by atoms with Crippen molar-refractivity contribution in [3.8, 4) is 0 Å². The summed E-state index contributed by atoms with van der Waals surface area (Å²) < 4.78 is 129. The van der Waals surface area contributed by atoms with Crippen LogP contribution in [0.25, 0.3) is 0 Å². The monoisotopic (exact) mass is 1010 g/mol. The fraction of sp³-hybridized carbons (Fsp3) is 0.489. The van der Waals surface area contributed by atoms with Crippen molar-refractivity contribution in [3.05, 3.63) is 119 Å². The minimum atomic E-state index is -4.21. The largest absolute Gasteiger partial charge is 0.294 e. The maximum atomic E-state index is 11.4. The molecule has 0 aromatic heterocycles. The molecule has 0 heterocycles. The first-order chi connectivity index (χ1) is 30.8. The lowest BCUT2D eigenvalue weighted by atomic mass is 10.1. The molecule has 0 bridgehead atoms. The van der Waals surface area contributed by atoms with Crippen LogP contribution >= 0.6 is 15.8 Å². The highest BCUT2D eigenvalue weighted by molar-refractivity contribution is 7.86. The van der Waals surface area contributed by atoms with E-state index in [0.29, 0.717) is 0 Å². The zero-order valence-corrected chi connectivity index (χ0v) is 42.1. The third kappa shape index (κ3) is 21.9. The van der Waals surface area contributed by atoms with Crippen LogP contribution in [-0.2, 0) is 66.2 Å². The Balaban J connectivity index is 1.28. The quantitative estimate of drug-likeness (QED) is 0.0204. The molecule has 0 atom stereocenters. The van der Waals surface area contributed by atoms with Crippen LogP contribution in [0.1, 0.15) is 106 Å². The lowest BCUT2D eigenvalue weighted by Gasteiger charge is -2.22. The highest BCUT2D eigenvalue weighted by atomic mass is 32.2. The topological polar surface area (TPSA) is 217 Å². The standard InChI is InChI=1S/C47H66O12P2S4/c48-62(49,50)44-26-18-40(19-27-44)14-5-1-9-34-60(35-10-2-6-15-41-20-28-45(29-21-41)63(51,52)53)38-13-39-61(36-11-3-7-16-42-22-30-46(31-23-42)64(54,55)56)37-12-4-8-17-43-24-32-47(33-25-43)65(57,58)59/h18-33H,1-17,34-39H2,(H,48,49,50)(H,51,52,53)(H,54,55,56)(H,57,58,59). The molecule has 0 aliphatic heterocycles. The van der Waals surface area contributed by atoms with Crippen molar-refractivity contribution >= 4 is 56.3 Å². The van der Waals surface area contributed by atoms with Crippen LogP contribution < -0.4 is 0 Å². The van der Waals surface area contributed by atoms with E-state index in [1.54, 1.807) is 48.5 Å². The highest BCUT2D eigenvalue weighted by Crippen LogP contribution is 2.44. The van der Waals surface area contributed by atoms with E-state index in [2.05, 4.69) is 0 Å². The second-order valence-corrected chi connectivity index (χ2v) is 27.8. The number of rotatable bonds is 32.